The summed E-state index contributed by atoms with van der Waals surface area (Å²) in [7, 11) is 2.12. The number of hydrogen-bond donors (Lipinski definition) is 2. The van der Waals surface area contributed by atoms with E-state index in [2.05, 4.69) is 42.7 Å². The van der Waals surface area contributed by atoms with Gasteiger partial charge in [-0.15, -0.1) is 0 Å². The van der Waals surface area contributed by atoms with Crippen LogP contribution in [0.25, 0.3) is 11.0 Å². The van der Waals surface area contributed by atoms with Crippen LogP contribution in [0.2, 0.25) is 0 Å². The van der Waals surface area contributed by atoms with Gasteiger partial charge in [0.2, 0.25) is 0 Å². The Kier molecular flexibility index (Phi) is 3.30. The third-order valence-electron chi connectivity index (χ3n) is 2.72. The van der Waals surface area contributed by atoms with E-state index in [0.717, 1.165) is 35.6 Å². The van der Waals surface area contributed by atoms with Gasteiger partial charge in [0.15, 0.2) is 0 Å². The van der Waals surface area contributed by atoms with Crippen molar-refractivity contribution in [3.8, 4) is 0 Å². The molecular weight excluding hydrogens is 224 g/mol. The molecule has 0 radical (unpaired) electrons. The molecule has 2 rings (SSSR count). The first-order chi connectivity index (χ1) is 8.33. The average molecular weight is 246 g/mol. The van der Waals surface area contributed by atoms with Crippen LogP contribution in [0, 0.1) is 5.41 Å². The van der Waals surface area contributed by atoms with Crippen molar-refractivity contribution in [2.24, 2.45) is 5.41 Å². The number of H-pyrrole nitrogens is 1. The number of nitrogens with zero attached hydrogens (tertiary/aromatic N) is 2. The third-order valence-corrected chi connectivity index (χ3v) is 2.72. The first-order valence-corrected chi connectivity index (χ1v) is 6.26. The summed E-state index contributed by atoms with van der Waals surface area (Å²) in [5, 5.41) is 0. The fourth-order valence-corrected chi connectivity index (χ4v) is 2.28. The molecule has 0 unspecified atom stereocenters. The Morgan fingerprint density at radius 3 is 2.72 bits per heavy atom. The number of hydrogen-bond acceptors (Lipinski definition) is 3. The second-order valence-corrected chi connectivity index (χ2v) is 6.19. The maximum absolute atomic E-state index is 5.76. The Balaban J connectivity index is 2.12. The lowest BCUT2D eigenvalue weighted by Crippen LogP contribution is -2.29. The van der Waals surface area contributed by atoms with Crippen molar-refractivity contribution in [1.29, 1.82) is 0 Å². The van der Waals surface area contributed by atoms with Crippen LogP contribution in [-0.2, 0) is 6.54 Å². The topological polar surface area (TPSA) is 57.9 Å². The van der Waals surface area contributed by atoms with Crippen LogP contribution in [0.4, 0.5) is 5.69 Å². The summed E-state index contributed by atoms with van der Waals surface area (Å²) < 4.78 is 0. The number of rotatable bonds is 3. The van der Waals surface area contributed by atoms with Gasteiger partial charge in [-0.3, -0.25) is 4.90 Å². The molecule has 2 aromatic rings. The van der Waals surface area contributed by atoms with Crippen LogP contribution >= 0.6 is 0 Å². The van der Waals surface area contributed by atoms with Crippen LogP contribution in [0.3, 0.4) is 0 Å². The van der Waals surface area contributed by atoms with E-state index in [9.17, 15) is 0 Å². The monoisotopic (exact) mass is 246 g/mol. The number of aromatic nitrogens is 2. The molecule has 0 atom stereocenters. The molecule has 0 amide bonds. The Labute approximate surface area is 108 Å². The number of fused-ring (bicyclic) bond motifs is 1. The molecule has 4 heteroatoms. The molecule has 0 bridgehead atoms. The number of imidazole rings is 1. The van der Waals surface area contributed by atoms with Gasteiger partial charge in [-0.25, -0.2) is 4.98 Å². The second-order valence-electron chi connectivity index (χ2n) is 6.19. The zero-order valence-corrected chi connectivity index (χ0v) is 11.6. The van der Waals surface area contributed by atoms with Crippen LogP contribution in [0.15, 0.2) is 18.2 Å². The summed E-state index contributed by atoms with van der Waals surface area (Å²) in [6.45, 7) is 8.58. The van der Waals surface area contributed by atoms with E-state index < -0.39 is 0 Å². The molecule has 0 aliphatic carbocycles. The van der Waals surface area contributed by atoms with Crippen LogP contribution < -0.4 is 5.73 Å². The SMILES string of the molecule is CN(Cc1nc2ccc(N)cc2[nH]1)CC(C)(C)C. The minimum atomic E-state index is 0.297. The molecule has 0 fully saturated rings. The molecule has 98 valence electrons. The molecule has 1 heterocycles. The molecule has 18 heavy (non-hydrogen) atoms. The maximum atomic E-state index is 5.76. The normalized spacial score (nSPS) is 12.5. The highest BCUT2D eigenvalue weighted by molar-refractivity contribution is 5.78. The zero-order valence-electron chi connectivity index (χ0n) is 11.6. The van der Waals surface area contributed by atoms with Crippen molar-refractivity contribution >= 4 is 16.7 Å². The van der Waals surface area contributed by atoms with Crippen molar-refractivity contribution in [3.05, 3.63) is 24.0 Å². The molecule has 1 aromatic heterocycles. The molecule has 0 saturated carbocycles. The summed E-state index contributed by atoms with van der Waals surface area (Å²) in [6.07, 6.45) is 0. The molecule has 4 nitrogen and oxygen atoms in total. The highest BCUT2D eigenvalue weighted by atomic mass is 15.1. The molecular formula is C14H22N4. The average Bonchev–Trinajstić information content (AvgIpc) is 2.55. The Bertz CT molecular complexity index is 536. The maximum Gasteiger partial charge on any atom is 0.121 e. The predicted molar refractivity (Wildman–Crippen MR) is 76.3 cm³/mol. The number of nitrogen functional groups attached to an aromatic ring is 1. The summed E-state index contributed by atoms with van der Waals surface area (Å²) in [5.41, 5.74) is 8.80. The van der Waals surface area contributed by atoms with Crippen molar-refractivity contribution in [2.45, 2.75) is 27.3 Å². The number of aromatic amines is 1. The lowest BCUT2D eigenvalue weighted by molar-refractivity contribution is 0.217. The Morgan fingerprint density at radius 1 is 1.33 bits per heavy atom. The number of nitrogens with one attached hydrogen (secondary N) is 1. The quantitative estimate of drug-likeness (QED) is 0.818. The summed E-state index contributed by atoms with van der Waals surface area (Å²) in [6, 6.07) is 5.76. The molecule has 1 aromatic carbocycles. The lowest BCUT2D eigenvalue weighted by Gasteiger charge is -2.25. The fourth-order valence-electron chi connectivity index (χ4n) is 2.28. The lowest BCUT2D eigenvalue weighted by atomic mass is 9.96. The summed E-state index contributed by atoms with van der Waals surface area (Å²) >= 11 is 0. The van der Waals surface area contributed by atoms with Crippen molar-refractivity contribution in [3.63, 3.8) is 0 Å². The minimum absolute atomic E-state index is 0.297. The number of anilines is 1. The van der Waals surface area contributed by atoms with E-state index in [1.54, 1.807) is 0 Å². The van der Waals surface area contributed by atoms with Crippen molar-refractivity contribution < 1.29 is 0 Å². The highest BCUT2D eigenvalue weighted by Crippen LogP contribution is 2.18. The molecule has 0 aliphatic heterocycles. The number of benzene rings is 1. The molecule has 0 saturated heterocycles. The minimum Gasteiger partial charge on any atom is -0.399 e. The van der Waals surface area contributed by atoms with Gasteiger partial charge in [-0.2, -0.15) is 0 Å². The van der Waals surface area contributed by atoms with Gasteiger partial charge in [0.05, 0.1) is 17.6 Å². The zero-order chi connectivity index (χ0) is 13.3. The van der Waals surface area contributed by atoms with E-state index in [1.165, 1.54) is 0 Å². The highest BCUT2D eigenvalue weighted by Gasteiger charge is 2.14. The first-order valence-electron chi connectivity index (χ1n) is 6.26. The summed E-state index contributed by atoms with van der Waals surface area (Å²) in [5.74, 6) is 0.988. The van der Waals surface area contributed by atoms with Crippen LogP contribution in [-0.4, -0.2) is 28.5 Å². The number of nitrogens with two attached hydrogens (primary N) is 1. The van der Waals surface area contributed by atoms with Gasteiger partial charge in [-0.1, -0.05) is 20.8 Å². The van der Waals surface area contributed by atoms with Crippen molar-refractivity contribution in [2.75, 3.05) is 19.3 Å². The standard InChI is InChI=1S/C14H22N4/c1-14(2,3)9-18(4)8-13-16-11-6-5-10(15)7-12(11)17-13/h5-7H,8-9,15H2,1-4H3,(H,16,17). The van der Waals surface area contributed by atoms with Crippen LogP contribution in [0.5, 0.6) is 0 Å². The van der Waals surface area contributed by atoms with Crippen LogP contribution in [0.1, 0.15) is 26.6 Å². The van der Waals surface area contributed by atoms with E-state index in [-0.39, 0.29) is 0 Å². The molecule has 0 aliphatic rings. The fraction of sp³-hybridized carbons (Fsp3) is 0.500. The first kappa shape index (κ1) is 12.9. The van der Waals surface area contributed by atoms with Gasteiger partial charge < -0.3 is 10.7 Å². The van der Waals surface area contributed by atoms with Crippen molar-refractivity contribution in [1.82, 2.24) is 14.9 Å². The largest absolute Gasteiger partial charge is 0.399 e. The second kappa shape index (κ2) is 4.61. The molecule has 0 spiro atoms. The van der Waals surface area contributed by atoms with Gasteiger partial charge in [0.1, 0.15) is 5.82 Å². The van der Waals surface area contributed by atoms with E-state index >= 15 is 0 Å². The predicted octanol–water partition coefficient (Wildman–Crippen LogP) is 2.62. The smallest absolute Gasteiger partial charge is 0.121 e. The van der Waals surface area contributed by atoms with Gasteiger partial charge in [0.25, 0.3) is 0 Å². The van der Waals surface area contributed by atoms with E-state index in [1.807, 2.05) is 18.2 Å². The Hall–Kier alpha value is -1.55. The van der Waals surface area contributed by atoms with E-state index in [0.29, 0.717) is 5.41 Å². The molecule has 3 N–H and O–H groups in total. The van der Waals surface area contributed by atoms with Gasteiger partial charge >= 0.3 is 0 Å². The van der Waals surface area contributed by atoms with Gasteiger partial charge in [0, 0.05) is 12.2 Å². The summed E-state index contributed by atoms with van der Waals surface area (Å²) in [4.78, 5) is 10.2. The van der Waals surface area contributed by atoms with E-state index in [4.69, 9.17) is 5.73 Å². The third kappa shape index (κ3) is 3.23. The van der Waals surface area contributed by atoms with Gasteiger partial charge in [-0.05, 0) is 30.7 Å². The Morgan fingerprint density at radius 2 is 2.06 bits per heavy atom.